The molecular weight excluding hydrogens is 416 g/mol. The molecule has 0 aromatic heterocycles. The lowest BCUT2D eigenvalue weighted by molar-refractivity contribution is -0.122. The Morgan fingerprint density at radius 3 is 2.39 bits per heavy atom. The highest BCUT2D eigenvalue weighted by atomic mass is 32.2. The maximum Gasteiger partial charge on any atom is 0.338 e. The van der Waals surface area contributed by atoms with Crippen molar-refractivity contribution in [2.75, 3.05) is 24.6 Å². The van der Waals surface area contributed by atoms with Gasteiger partial charge in [-0.3, -0.25) is 4.79 Å². The molecule has 0 bridgehead atoms. The highest BCUT2D eigenvalue weighted by molar-refractivity contribution is 7.89. The number of rotatable bonds is 5. The fourth-order valence-electron chi connectivity index (χ4n) is 4.24. The van der Waals surface area contributed by atoms with Gasteiger partial charge in [-0.2, -0.15) is 4.31 Å². The van der Waals surface area contributed by atoms with Crippen LogP contribution in [-0.2, 0) is 26.0 Å². The standard InChI is InChI=1S/C23H26N2O5S/c1-17-15-19-7-3-4-8-21(19)25(17)22(26)16-30-23(27)18-9-11-20(12-10-18)31(28,29)24-13-5-2-6-14-24/h3-4,7-12,17H,2,5-6,13-16H2,1H3/t17-/m0/s1. The van der Waals surface area contributed by atoms with Gasteiger partial charge in [0.15, 0.2) is 6.61 Å². The van der Waals surface area contributed by atoms with Crippen LogP contribution in [0.5, 0.6) is 0 Å². The van der Waals surface area contributed by atoms with Crippen molar-refractivity contribution >= 4 is 27.6 Å². The van der Waals surface area contributed by atoms with E-state index in [1.165, 1.54) is 28.6 Å². The monoisotopic (exact) mass is 442 g/mol. The molecule has 2 aliphatic heterocycles. The average molecular weight is 443 g/mol. The van der Waals surface area contributed by atoms with Gasteiger partial charge in [0, 0.05) is 24.8 Å². The zero-order chi connectivity index (χ0) is 22.0. The van der Waals surface area contributed by atoms with Gasteiger partial charge in [-0.15, -0.1) is 0 Å². The molecule has 1 fully saturated rings. The summed E-state index contributed by atoms with van der Waals surface area (Å²) in [5, 5.41) is 0. The third kappa shape index (κ3) is 4.36. The maximum absolute atomic E-state index is 12.7. The van der Waals surface area contributed by atoms with Crippen LogP contribution in [0.1, 0.15) is 42.1 Å². The van der Waals surface area contributed by atoms with Gasteiger partial charge < -0.3 is 9.64 Å². The molecule has 2 heterocycles. The largest absolute Gasteiger partial charge is 0.452 e. The van der Waals surface area contributed by atoms with Crippen molar-refractivity contribution in [2.45, 2.75) is 43.5 Å². The first-order valence-corrected chi connectivity index (χ1v) is 12.0. The number of hydrogen-bond donors (Lipinski definition) is 0. The molecular formula is C23H26N2O5S. The van der Waals surface area contributed by atoms with Crippen molar-refractivity contribution in [3.05, 3.63) is 59.7 Å². The molecule has 2 aromatic rings. The summed E-state index contributed by atoms with van der Waals surface area (Å²) in [4.78, 5) is 26.9. The number of carbonyl (C=O) groups is 2. The summed E-state index contributed by atoms with van der Waals surface area (Å²) in [6.07, 6.45) is 3.52. The Labute approximate surface area is 182 Å². The number of nitrogens with zero attached hydrogens (tertiary/aromatic N) is 2. The van der Waals surface area contributed by atoms with Crippen molar-refractivity contribution in [2.24, 2.45) is 0 Å². The highest BCUT2D eigenvalue weighted by Crippen LogP contribution is 2.31. The van der Waals surface area contributed by atoms with Gasteiger partial charge in [-0.25, -0.2) is 13.2 Å². The van der Waals surface area contributed by atoms with E-state index < -0.39 is 16.0 Å². The number of carbonyl (C=O) groups excluding carboxylic acids is 2. The second kappa shape index (κ2) is 8.80. The summed E-state index contributed by atoms with van der Waals surface area (Å²) >= 11 is 0. The van der Waals surface area contributed by atoms with Crippen molar-refractivity contribution in [1.82, 2.24) is 4.31 Å². The van der Waals surface area contributed by atoms with Gasteiger partial charge in [-0.05, 0) is 62.1 Å². The van der Waals surface area contributed by atoms with Crippen LogP contribution < -0.4 is 4.90 Å². The van der Waals surface area contributed by atoms with Gasteiger partial charge >= 0.3 is 5.97 Å². The van der Waals surface area contributed by atoms with Crippen LogP contribution in [-0.4, -0.2) is 50.3 Å². The number of hydrogen-bond acceptors (Lipinski definition) is 5. The molecule has 164 valence electrons. The molecule has 1 saturated heterocycles. The summed E-state index contributed by atoms with van der Waals surface area (Å²) in [5.74, 6) is -0.939. The van der Waals surface area contributed by atoms with E-state index in [1.807, 2.05) is 31.2 Å². The number of ether oxygens (including phenoxy) is 1. The van der Waals surface area contributed by atoms with Crippen molar-refractivity contribution in [3.63, 3.8) is 0 Å². The number of amides is 1. The maximum atomic E-state index is 12.7. The first-order chi connectivity index (χ1) is 14.9. The molecule has 1 atom stereocenters. The third-order valence-corrected chi connectivity index (χ3v) is 7.76. The number of fused-ring (bicyclic) bond motifs is 1. The van der Waals surface area contributed by atoms with E-state index in [2.05, 4.69) is 0 Å². The zero-order valence-corrected chi connectivity index (χ0v) is 18.3. The Morgan fingerprint density at radius 2 is 1.68 bits per heavy atom. The number of benzene rings is 2. The smallest absolute Gasteiger partial charge is 0.338 e. The number of anilines is 1. The normalized spacial score (nSPS) is 19.1. The van der Waals surface area contributed by atoms with Crippen LogP contribution >= 0.6 is 0 Å². The Bertz CT molecular complexity index is 1080. The third-order valence-electron chi connectivity index (χ3n) is 5.85. The topological polar surface area (TPSA) is 84.0 Å². The van der Waals surface area contributed by atoms with Crippen LogP contribution in [0.2, 0.25) is 0 Å². The van der Waals surface area contributed by atoms with Gasteiger partial charge in [0.05, 0.1) is 10.5 Å². The summed E-state index contributed by atoms with van der Waals surface area (Å²) in [5.41, 5.74) is 2.16. The summed E-state index contributed by atoms with van der Waals surface area (Å²) in [7, 11) is -3.56. The SMILES string of the molecule is C[C@H]1Cc2ccccc2N1C(=O)COC(=O)c1ccc(S(=O)(=O)N2CCCCC2)cc1. The van der Waals surface area contributed by atoms with Gasteiger partial charge in [0.1, 0.15) is 0 Å². The first kappa shape index (κ1) is 21.5. The van der Waals surface area contributed by atoms with E-state index in [9.17, 15) is 18.0 Å². The lowest BCUT2D eigenvalue weighted by atomic mass is 10.1. The fraction of sp³-hybridized carbons (Fsp3) is 0.391. The van der Waals surface area contributed by atoms with Gasteiger partial charge in [0.25, 0.3) is 5.91 Å². The summed E-state index contributed by atoms with van der Waals surface area (Å²) in [6, 6.07) is 13.4. The van der Waals surface area contributed by atoms with E-state index in [1.54, 1.807) is 4.90 Å². The van der Waals surface area contributed by atoms with E-state index in [0.717, 1.165) is 36.9 Å². The van der Waals surface area contributed by atoms with E-state index in [-0.39, 0.29) is 29.0 Å². The molecule has 1 amide bonds. The second-order valence-corrected chi connectivity index (χ2v) is 9.95. The molecule has 7 nitrogen and oxygen atoms in total. The molecule has 0 N–H and O–H groups in total. The first-order valence-electron chi connectivity index (χ1n) is 10.6. The highest BCUT2D eigenvalue weighted by Gasteiger charge is 2.31. The number of sulfonamides is 1. The minimum absolute atomic E-state index is 0.00267. The lowest BCUT2D eigenvalue weighted by Gasteiger charge is -2.25. The molecule has 0 radical (unpaired) electrons. The van der Waals surface area contributed by atoms with Crippen LogP contribution in [0.4, 0.5) is 5.69 Å². The fourth-order valence-corrected chi connectivity index (χ4v) is 5.76. The molecule has 2 aliphatic rings. The van der Waals surface area contributed by atoms with Crippen LogP contribution in [0.25, 0.3) is 0 Å². The molecule has 0 spiro atoms. The molecule has 2 aromatic carbocycles. The van der Waals surface area contributed by atoms with E-state index >= 15 is 0 Å². The molecule has 4 rings (SSSR count). The van der Waals surface area contributed by atoms with E-state index in [0.29, 0.717) is 13.1 Å². The van der Waals surface area contributed by atoms with E-state index in [4.69, 9.17) is 4.74 Å². The molecule has 0 aliphatic carbocycles. The molecule has 0 saturated carbocycles. The predicted molar refractivity (Wildman–Crippen MR) is 116 cm³/mol. The van der Waals surface area contributed by atoms with Crippen LogP contribution in [0, 0.1) is 0 Å². The zero-order valence-electron chi connectivity index (χ0n) is 17.5. The Kier molecular flexibility index (Phi) is 6.11. The Balaban J connectivity index is 1.39. The number of piperidine rings is 1. The molecule has 8 heteroatoms. The quantitative estimate of drug-likeness (QED) is 0.665. The summed E-state index contributed by atoms with van der Waals surface area (Å²) < 4.78 is 32.1. The number of para-hydroxylation sites is 1. The Morgan fingerprint density at radius 1 is 1.00 bits per heavy atom. The summed E-state index contributed by atoms with van der Waals surface area (Å²) in [6.45, 7) is 2.63. The van der Waals surface area contributed by atoms with Gasteiger partial charge in [0.2, 0.25) is 10.0 Å². The lowest BCUT2D eigenvalue weighted by Crippen LogP contribution is -2.38. The van der Waals surface area contributed by atoms with Crippen molar-refractivity contribution < 1.29 is 22.7 Å². The minimum Gasteiger partial charge on any atom is -0.452 e. The van der Waals surface area contributed by atoms with Gasteiger partial charge in [-0.1, -0.05) is 24.6 Å². The Hall–Kier alpha value is -2.71. The van der Waals surface area contributed by atoms with Crippen LogP contribution in [0.3, 0.4) is 0 Å². The molecule has 31 heavy (non-hydrogen) atoms. The van der Waals surface area contributed by atoms with Crippen LogP contribution in [0.15, 0.2) is 53.4 Å². The average Bonchev–Trinajstić information content (AvgIpc) is 3.13. The minimum atomic E-state index is -3.56. The molecule has 0 unspecified atom stereocenters. The van der Waals surface area contributed by atoms with Crippen molar-refractivity contribution in [3.8, 4) is 0 Å². The predicted octanol–water partition coefficient (Wildman–Crippen LogP) is 3.00. The number of esters is 1. The van der Waals surface area contributed by atoms with Crippen molar-refractivity contribution in [1.29, 1.82) is 0 Å². The second-order valence-electron chi connectivity index (χ2n) is 8.01.